The summed E-state index contributed by atoms with van der Waals surface area (Å²) in [7, 11) is 0. The normalized spacial score (nSPS) is 13.2. The van der Waals surface area contributed by atoms with Gasteiger partial charge in [0.1, 0.15) is 17.1 Å². The molecule has 28 heavy (non-hydrogen) atoms. The molecule has 1 N–H and O–H groups in total. The maximum absolute atomic E-state index is 13.8. The number of benzene rings is 2. The molecule has 2 heterocycles. The summed E-state index contributed by atoms with van der Waals surface area (Å²) in [4.78, 5) is 12.4. The minimum absolute atomic E-state index is 0.101. The van der Waals surface area contributed by atoms with Crippen molar-refractivity contribution in [3.8, 4) is 5.75 Å². The summed E-state index contributed by atoms with van der Waals surface area (Å²) < 4.78 is 30.1. The number of nitrogens with one attached hydrogen (secondary N) is 1. The Morgan fingerprint density at radius 2 is 1.96 bits per heavy atom. The van der Waals surface area contributed by atoms with Crippen LogP contribution in [0.4, 0.5) is 4.39 Å². The highest BCUT2D eigenvalue weighted by Crippen LogP contribution is 2.29. The Hall–Kier alpha value is -2.86. The van der Waals surface area contributed by atoms with Crippen LogP contribution in [0.15, 0.2) is 34.9 Å². The number of hydrogen-bond donors (Lipinski definition) is 1. The lowest BCUT2D eigenvalue weighted by atomic mass is 10.0. The van der Waals surface area contributed by atoms with Gasteiger partial charge in [0.15, 0.2) is 6.79 Å². The molecule has 146 valence electrons. The van der Waals surface area contributed by atoms with Gasteiger partial charge in [-0.1, -0.05) is 0 Å². The van der Waals surface area contributed by atoms with Crippen molar-refractivity contribution < 1.29 is 23.1 Å². The van der Waals surface area contributed by atoms with Gasteiger partial charge in [-0.2, -0.15) is 0 Å². The zero-order valence-corrected chi connectivity index (χ0v) is 15.9. The Balaban J connectivity index is 1.39. The quantitative estimate of drug-likeness (QED) is 0.725. The number of ether oxygens (including phenoxy) is 2. The minimum atomic E-state index is -0.329. The second-order valence-electron chi connectivity index (χ2n) is 7.13. The zero-order valence-electron chi connectivity index (χ0n) is 15.9. The lowest BCUT2D eigenvalue weighted by Gasteiger charge is -2.21. The van der Waals surface area contributed by atoms with Crippen molar-refractivity contribution in [2.75, 3.05) is 13.3 Å². The second kappa shape index (κ2) is 7.64. The molecule has 1 aliphatic rings. The lowest BCUT2D eigenvalue weighted by Crippen LogP contribution is -2.27. The van der Waals surface area contributed by atoms with E-state index in [0.29, 0.717) is 30.9 Å². The van der Waals surface area contributed by atoms with E-state index < -0.39 is 0 Å². The summed E-state index contributed by atoms with van der Waals surface area (Å²) in [6, 6.07) is 6.91. The summed E-state index contributed by atoms with van der Waals surface area (Å²) in [6.45, 7) is 4.96. The molecule has 3 aromatic rings. The molecule has 1 aliphatic heterocycles. The molecule has 2 aromatic carbocycles. The molecule has 0 saturated heterocycles. The average molecular weight is 383 g/mol. The SMILES string of the molecule is Cc1cc2occ(CC(=O)NCCc3cc(F)cc4c3OCOC4)c2cc1C. The first-order chi connectivity index (χ1) is 13.5. The predicted octanol–water partition coefficient (Wildman–Crippen LogP) is 3.96. The summed E-state index contributed by atoms with van der Waals surface area (Å²) in [5.41, 5.74) is 5.40. The van der Waals surface area contributed by atoms with Crippen LogP contribution in [0, 0.1) is 19.7 Å². The molecular weight excluding hydrogens is 361 g/mol. The third-order valence-electron chi connectivity index (χ3n) is 5.09. The van der Waals surface area contributed by atoms with Crippen molar-refractivity contribution in [1.82, 2.24) is 5.32 Å². The van der Waals surface area contributed by atoms with Crippen LogP contribution in [0.5, 0.6) is 5.75 Å². The Labute approximate surface area is 162 Å². The molecule has 0 saturated carbocycles. The molecule has 0 bridgehead atoms. The number of hydrogen-bond acceptors (Lipinski definition) is 4. The first-order valence-electron chi connectivity index (χ1n) is 9.27. The smallest absolute Gasteiger partial charge is 0.224 e. The van der Waals surface area contributed by atoms with E-state index in [1.54, 1.807) is 6.26 Å². The highest BCUT2D eigenvalue weighted by Gasteiger charge is 2.17. The lowest BCUT2D eigenvalue weighted by molar-refractivity contribution is -0.120. The van der Waals surface area contributed by atoms with Gasteiger partial charge >= 0.3 is 0 Å². The molecule has 1 aromatic heterocycles. The van der Waals surface area contributed by atoms with Crippen molar-refractivity contribution in [1.29, 1.82) is 0 Å². The molecule has 0 radical (unpaired) electrons. The van der Waals surface area contributed by atoms with Crippen LogP contribution in [-0.4, -0.2) is 19.2 Å². The van der Waals surface area contributed by atoms with Crippen LogP contribution in [-0.2, 0) is 29.0 Å². The zero-order chi connectivity index (χ0) is 19.7. The van der Waals surface area contributed by atoms with E-state index in [1.165, 1.54) is 12.1 Å². The van der Waals surface area contributed by atoms with Crippen LogP contribution in [0.1, 0.15) is 27.8 Å². The van der Waals surface area contributed by atoms with E-state index in [-0.39, 0.29) is 24.9 Å². The molecule has 0 aliphatic carbocycles. The Morgan fingerprint density at radius 1 is 1.14 bits per heavy atom. The van der Waals surface area contributed by atoms with Gasteiger partial charge < -0.3 is 19.2 Å². The van der Waals surface area contributed by atoms with Gasteiger partial charge in [-0.25, -0.2) is 4.39 Å². The van der Waals surface area contributed by atoms with E-state index in [4.69, 9.17) is 13.9 Å². The molecule has 4 rings (SSSR count). The topological polar surface area (TPSA) is 60.7 Å². The first kappa shape index (κ1) is 18.5. The predicted molar refractivity (Wildman–Crippen MR) is 103 cm³/mol. The maximum Gasteiger partial charge on any atom is 0.224 e. The van der Waals surface area contributed by atoms with Crippen LogP contribution < -0.4 is 10.1 Å². The van der Waals surface area contributed by atoms with Crippen LogP contribution in [0.2, 0.25) is 0 Å². The van der Waals surface area contributed by atoms with Crippen molar-refractivity contribution in [2.24, 2.45) is 0 Å². The monoisotopic (exact) mass is 383 g/mol. The first-order valence-corrected chi connectivity index (χ1v) is 9.27. The van der Waals surface area contributed by atoms with E-state index in [1.807, 2.05) is 19.9 Å². The standard InChI is InChI=1S/C22H22FNO4/c1-13-5-19-16(11-27-20(19)6-14(13)2)9-21(25)24-4-3-15-7-18(23)8-17-10-26-12-28-22(15)17/h5-8,11H,3-4,9-10,12H2,1-2H3,(H,24,25). The number of furan rings is 1. The third-order valence-corrected chi connectivity index (χ3v) is 5.09. The van der Waals surface area contributed by atoms with E-state index in [9.17, 15) is 9.18 Å². The van der Waals surface area contributed by atoms with Crippen LogP contribution in [0.25, 0.3) is 11.0 Å². The van der Waals surface area contributed by atoms with Gasteiger partial charge in [-0.15, -0.1) is 0 Å². The van der Waals surface area contributed by atoms with Crippen molar-refractivity contribution >= 4 is 16.9 Å². The van der Waals surface area contributed by atoms with Crippen LogP contribution >= 0.6 is 0 Å². The number of aryl methyl sites for hydroxylation is 2. The fourth-order valence-electron chi connectivity index (χ4n) is 3.49. The Kier molecular flexibility index (Phi) is 5.05. The fourth-order valence-corrected chi connectivity index (χ4v) is 3.49. The van der Waals surface area contributed by atoms with E-state index in [0.717, 1.165) is 33.2 Å². The van der Waals surface area contributed by atoms with Crippen molar-refractivity contribution in [3.05, 3.63) is 64.2 Å². The van der Waals surface area contributed by atoms with Gasteiger partial charge in [0.25, 0.3) is 0 Å². The van der Waals surface area contributed by atoms with E-state index in [2.05, 4.69) is 11.4 Å². The largest absolute Gasteiger partial charge is 0.467 e. The van der Waals surface area contributed by atoms with Crippen molar-refractivity contribution in [2.45, 2.75) is 33.3 Å². The average Bonchev–Trinajstić information content (AvgIpc) is 3.03. The second-order valence-corrected chi connectivity index (χ2v) is 7.13. The molecule has 5 nitrogen and oxygen atoms in total. The summed E-state index contributed by atoms with van der Waals surface area (Å²) in [5.74, 6) is 0.230. The fraction of sp³-hybridized carbons (Fsp3) is 0.318. The van der Waals surface area contributed by atoms with E-state index >= 15 is 0 Å². The number of fused-ring (bicyclic) bond motifs is 2. The molecule has 6 heteroatoms. The molecular formula is C22H22FNO4. The van der Waals surface area contributed by atoms with Gasteiger partial charge in [0, 0.05) is 23.1 Å². The Morgan fingerprint density at radius 3 is 2.82 bits per heavy atom. The van der Waals surface area contributed by atoms with Crippen molar-refractivity contribution in [3.63, 3.8) is 0 Å². The highest BCUT2D eigenvalue weighted by atomic mass is 19.1. The van der Waals surface area contributed by atoms with Crippen LogP contribution in [0.3, 0.4) is 0 Å². The maximum atomic E-state index is 13.8. The number of carbonyl (C=O) groups is 1. The molecule has 0 spiro atoms. The Bertz CT molecular complexity index is 1040. The third kappa shape index (κ3) is 3.73. The number of halogens is 1. The molecule has 0 unspecified atom stereocenters. The summed E-state index contributed by atoms with van der Waals surface area (Å²) in [6.07, 6.45) is 2.36. The number of carbonyl (C=O) groups excluding carboxylic acids is 1. The van der Waals surface area contributed by atoms with Gasteiger partial charge in [0.2, 0.25) is 5.91 Å². The summed E-state index contributed by atoms with van der Waals surface area (Å²) >= 11 is 0. The molecule has 0 fully saturated rings. The highest BCUT2D eigenvalue weighted by molar-refractivity contribution is 5.88. The number of rotatable bonds is 5. The van der Waals surface area contributed by atoms with Gasteiger partial charge in [-0.3, -0.25) is 4.79 Å². The minimum Gasteiger partial charge on any atom is -0.467 e. The van der Waals surface area contributed by atoms with Gasteiger partial charge in [-0.05, 0) is 61.2 Å². The number of amides is 1. The molecule has 0 atom stereocenters. The van der Waals surface area contributed by atoms with Gasteiger partial charge in [0.05, 0.1) is 19.3 Å². The molecule has 1 amide bonds. The summed E-state index contributed by atoms with van der Waals surface area (Å²) in [5, 5.41) is 3.86.